The van der Waals surface area contributed by atoms with Gasteiger partial charge in [0.05, 0.1) is 18.3 Å². The minimum atomic E-state index is -0.845. The molecule has 4 saturated heterocycles. The number of nitrogens with zero attached hydrogens (tertiary/aromatic N) is 2. The Kier molecular flexibility index (Phi) is 2.52. The van der Waals surface area contributed by atoms with Gasteiger partial charge in [0.2, 0.25) is 0 Å². The summed E-state index contributed by atoms with van der Waals surface area (Å²) in [6, 6.07) is 2.71. The van der Waals surface area contributed by atoms with E-state index in [0.29, 0.717) is 0 Å². The van der Waals surface area contributed by atoms with E-state index in [4.69, 9.17) is 4.74 Å². The molecule has 0 aromatic rings. The summed E-state index contributed by atoms with van der Waals surface area (Å²) in [4.78, 5) is 2.41. The highest BCUT2D eigenvalue weighted by Gasteiger charge is 2.68. The quantitative estimate of drug-likeness (QED) is 0.777. The zero-order chi connectivity index (χ0) is 13.1. The molecule has 0 aliphatic carbocycles. The van der Waals surface area contributed by atoms with E-state index in [9.17, 15) is 10.4 Å². The third-order valence-corrected chi connectivity index (χ3v) is 6.12. The van der Waals surface area contributed by atoms with Gasteiger partial charge in [0.25, 0.3) is 0 Å². The number of hydrogen-bond acceptors (Lipinski definition) is 4. The summed E-state index contributed by atoms with van der Waals surface area (Å²) < 4.78 is 5.94. The number of fused-ring (bicyclic) bond motifs is 3. The lowest BCUT2D eigenvalue weighted by atomic mass is 9.60. The summed E-state index contributed by atoms with van der Waals surface area (Å²) >= 11 is 0. The van der Waals surface area contributed by atoms with Gasteiger partial charge in [-0.2, -0.15) is 5.26 Å². The van der Waals surface area contributed by atoms with Gasteiger partial charge in [0, 0.05) is 12.6 Å². The van der Waals surface area contributed by atoms with Gasteiger partial charge in [-0.25, -0.2) is 0 Å². The van der Waals surface area contributed by atoms with Crippen LogP contribution in [0.5, 0.6) is 0 Å². The van der Waals surface area contributed by atoms with Gasteiger partial charge >= 0.3 is 0 Å². The maximum absolute atomic E-state index is 11.4. The zero-order valence-corrected chi connectivity index (χ0v) is 11.3. The lowest BCUT2D eigenvalue weighted by Gasteiger charge is -2.47. The van der Waals surface area contributed by atoms with E-state index in [0.717, 1.165) is 45.2 Å². The number of nitriles is 1. The van der Waals surface area contributed by atoms with E-state index in [1.165, 1.54) is 12.8 Å². The first-order valence-electron chi connectivity index (χ1n) is 7.73. The number of hydrogen-bond donors (Lipinski definition) is 1. The van der Waals surface area contributed by atoms with E-state index in [1.807, 2.05) is 0 Å². The van der Waals surface area contributed by atoms with Crippen LogP contribution < -0.4 is 0 Å². The van der Waals surface area contributed by atoms with E-state index >= 15 is 0 Å². The van der Waals surface area contributed by atoms with E-state index in [2.05, 4.69) is 11.0 Å². The average molecular weight is 262 g/mol. The van der Waals surface area contributed by atoms with Crippen LogP contribution in [0.1, 0.15) is 44.9 Å². The average Bonchev–Trinajstić information content (AvgIpc) is 3.13. The molecule has 19 heavy (non-hydrogen) atoms. The summed E-state index contributed by atoms with van der Waals surface area (Å²) in [5.74, 6) is 0. The summed E-state index contributed by atoms with van der Waals surface area (Å²) in [6.45, 7) is 2.03. The highest BCUT2D eigenvalue weighted by atomic mass is 16.5. The topological polar surface area (TPSA) is 56.5 Å². The standard InChI is InChI=1S/C15H22N2O2/c16-10-14(9-11-4-5-13(14)19-11)15(18)6-8-17-7-2-1-3-12(15)17/h11-13,18H,1-9H2. The van der Waals surface area contributed by atoms with Gasteiger partial charge < -0.3 is 9.84 Å². The Morgan fingerprint density at radius 2 is 2.11 bits per heavy atom. The Labute approximate surface area is 114 Å². The van der Waals surface area contributed by atoms with Crippen LogP contribution in [0.2, 0.25) is 0 Å². The van der Waals surface area contributed by atoms with Crippen molar-refractivity contribution < 1.29 is 9.84 Å². The van der Waals surface area contributed by atoms with Crippen molar-refractivity contribution >= 4 is 0 Å². The second kappa shape index (κ2) is 3.94. The van der Waals surface area contributed by atoms with Crippen molar-refractivity contribution in [1.29, 1.82) is 5.26 Å². The van der Waals surface area contributed by atoms with Gasteiger partial charge in [-0.15, -0.1) is 0 Å². The Hall–Kier alpha value is -0.630. The largest absolute Gasteiger partial charge is 0.386 e. The molecule has 0 aromatic carbocycles. The number of piperidine rings is 1. The monoisotopic (exact) mass is 262 g/mol. The lowest BCUT2D eigenvalue weighted by Crippen LogP contribution is -2.60. The normalized spacial score (nSPS) is 53.2. The number of ether oxygens (including phenoxy) is 1. The Balaban J connectivity index is 1.72. The molecule has 4 aliphatic rings. The van der Waals surface area contributed by atoms with Crippen LogP contribution in [0, 0.1) is 16.7 Å². The molecule has 4 nitrogen and oxygen atoms in total. The molecule has 4 rings (SSSR count). The fourth-order valence-electron chi connectivity index (χ4n) is 5.18. The van der Waals surface area contributed by atoms with Crippen LogP contribution in [-0.2, 0) is 4.74 Å². The molecule has 5 atom stereocenters. The molecular formula is C15H22N2O2. The molecule has 5 unspecified atom stereocenters. The van der Waals surface area contributed by atoms with Crippen LogP contribution in [0.3, 0.4) is 0 Å². The molecule has 2 bridgehead atoms. The number of rotatable bonds is 1. The minimum Gasteiger partial charge on any atom is -0.386 e. The fourth-order valence-corrected chi connectivity index (χ4v) is 5.18. The van der Waals surface area contributed by atoms with Crippen molar-refractivity contribution in [2.24, 2.45) is 5.41 Å². The molecule has 0 aromatic heterocycles. The third kappa shape index (κ3) is 1.39. The van der Waals surface area contributed by atoms with Crippen LogP contribution in [0.15, 0.2) is 0 Å². The summed E-state index contributed by atoms with van der Waals surface area (Å²) in [7, 11) is 0. The van der Waals surface area contributed by atoms with Crippen molar-refractivity contribution in [2.45, 2.75) is 68.8 Å². The molecule has 104 valence electrons. The Morgan fingerprint density at radius 3 is 2.79 bits per heavy atom. The first-order chi connectivity index (χ1) is 9.19. The molecule has 0 spiro atoms. The van der Waals surface area contributed by atoms with Crippen molar-refractivity contribution in [3.05, 3.63) is 0 Å². The smallest absolute Gasteiger partial charge is 0.116 e. The predicted molar refractivity (Wildman–Crippen MR) is 69.3 cm³/mol. The second-order valence-corrected chi connectivity index (χ2v) is 6.83. The van der Waals surface area contributed by atoms with Gasteiger partial charge in [-0.3, -0.25) is 4.90 Å². The zero-order valence-electron chi connectivity index (χ0n) is 11.3. The van der Waals surface area contributed by atoms with Crippen molar-refractivity contribution in [1.82, 2.24) is 4.90 Å². The van der Waals surface area contributed by atoms with Crippen molar-refractivity contribution in [2.75, 3.05) is 13.1 Å². The lowest BCUT2D eigenvalue weighted by molar-refractivity contribution is -0.110. The van der Waals surface area contributed by atoms with Crippen LogP contribution in [0.25, 0.3) is 0 Å². The first kappa shape index (κ1) is 12.1. The van der Waals surface area contributed by atoms with Gasteiger partial charge in [0.1, 0.15) is 11.0 Å². The molecular weight excluding hydrogens is 240 g/mol. The van der Waals surface area contributed by atoms with Gasteiger partial charge in [0.15, 0.2) is 0 Å². The van der Waals surface area contributed by atoms with Crippen molar-refractivity contribution in [3.8, 4) is 6.07 Å². The van der Waals surface area contributed by atoms with Crippen LogP contribution in [0.4, 0.5) is 0 Å². The second-order valence-electron chi connectivity index (χ2n) is 6.83. The van der Waals surface area contributed by atoms with E-state index in [-0.39, 0.29) is 18.2 Å². The molecule has 1 N–H and O–H groups in total. The van der Waals surface area contributed by atoms with Crippen LogP contribution >= 0.6 is 0 Å². The summed E-state index contributed by atoms with van der Waals surface area (Å²) in [5.41, 5.74) is -1.49. The van der Waals surface area contributed by atoms with Crippen LogP contribution in [-0.4, -0.2) is 46.9 Å². The third-order valence-electron chi connectivity index (χ3n) is 6.12. The summed E-state index contributed by atoms with van der Waals surface area (Å²) in [6.07, 6.45) is 7.14. The summed E-state index contributed by atoms with van der Waals surface area (Å²) in [5, 5.41) is 21.3. The van der Waals surface area contributed by atoms with E-state index in [1.54, 1.807) is 0 Å². The molecule has 4 aliphatic heterocycles. The van der Waals surface area contributed by atoms with Gasteiger partial charge in [-0.05, 0) is 45.1 Å². The number of aliphatic hydroxyl groups is 1. The minimum absolute atomic E-state index is 0.0330. The van der Waals surface area contributed by atoms with Crippen molar-refractivity contribution in [3.63, 3.8) is 0 Å². The molecule has 4 heterocycles. The predicted octanol–water partition coefficient (Wildman–Crippen LogP) is 1.44. The maximum Gasteiger partial charge on any atom is 0.116 e. The highest BCUT2D eigenvalue weighted by Crippen LogP contribution is 2.58. The highest BCUT2D eigenvalue weighted by molar-refractivity contribution is 5.25. The molecule has 4 fully saturated rings. The Bertz CT molecular complexity index is 434. The first-order valence-corrected chi connectivity index (χ1v) is 7.73. The molecule has 4 heteroatoms. The molecule has 0 amide bonds. The van der Waals surface area contributed by atoms with E-state index < -0.39 is 11.0 Å². The molecule has 0 radical (unpaired) electrons. The maximum atomic E-state index is 11.4. The SMILES string of the molecule is N#CC1(C2(O)CCN3CCCCC32)CC2CCC1O2. The van der Waals surface area contributed by atoms with Gasteiger partial charge in [-0.1, -0.05) is 6.42 Å². The Morgan fingerprint density at radius 1 is 1.21 bits per heavy atom. The fraction of sp³-hybridized carbons (Fsp3) is 0.933. The molecule has 0 saturated carbocycles.